The van der Waals surface area contributed by atoms with Crippen LogP contribution in [0.4, 0.5) is 0 Å². The lowest BCUT2D eigenvalue weighted by Gasteiger charge is -2.11. The maximum Gasteiger partial charge on any atom is 0.161 e. The molecule has 1 heterocycles. The van der Waals surface area contributed by atoms with Gasteiger partial charge in [0.15, 0.2) is 11.5 Å². The van der Waals surface area contributed by atoms with Gasteiger partial charge in [-0.1, -0.05) is 37.0 Å². The highest BCUT2D eigenvalue weighted by atomic mass is 32.2. The molecule has 3 rings (SSSR count). The van der Waals surface area contributed by atoms with Gasteiger partial charge in [0, 0.05) is 22.2 Å². The number of thioether (sulfide) groups is 1. The van der Waals surface area contributed by atoms with E-state index in [0.29, 0.717) is 0 Å². The molecule has 0 amide bonds. The smallest absolute Gasteiger partial charge is 0.161 e. The molecule has 2 aromatic carbocycles. The van der Waals surface area contributed by atoms with E-state index in [4.69, 9.17) is 9.47 Å². The molecule has 0 unspecified atom stereocenters. The van der Waals surface area contributed by atoms with Crippen molar-refractivity contribution in [3.8, 4) is 11.5 Å². The molecule has 1 aromatic heterocycles. The van der Waals surface area contributed by atoms with Gasteiger partial charge in [0.1, 0.15) is 0 Å². The number of hydrogen-bond acceptors (Lipinski definition) is 4. The average molecular weight is 410 g/mol. The highest BCUT2D eigenvalue weighted by Gasteiger charge is 2.09. The van der Waals surface area contributed by atoms with Crippen molar-refractivity contribution in [2.45, 2.75) is 50.3 Å². The zero-order valence-electron chi connectivity index (χ0n) is 17.7. The second-order valence-corrected chi connectivity index (χ2v) is 8.53. The number of benzene rings is 2. The van der Waals surface area contributed by atoms with E-state index in [2.05, 4.69) is 42.2 Å². The molecular formula is C25H31NO2S. The fourth-order valence-corrected chi connectivity index (χ4v) is 4.42. The molecule has 0 saturated carbocycles. The molecule has 0 fully saturated rings. The summed E-state index contributed by atoms with van der Waals surface area (Å²) in [5, 5.41) is 2.32. The summed E-state index contributed by atoms with van der Waals surface area (Å²) in [7, 11) is 3.35. The van der Waals surface area contributed by atoms with Crippen molar-refractivity contribution in [1.82, 2.24) is 4.98 Å². The van der Waals surface area contributed by atoms with Gasteiger partial charge >= 0.3 is 0 Å². The second-order valence-electron chi connectivity index (χ2n) is 7.37. The van der Waals surface area contributed by atoms with E-state index in [-0.39, 0.29) is 0 Å². The molecule has 3 aromatic rings. The molecule has 0 spiro atoms. The van der Waals surface area contributed by atoms with Crippen LogP contribution in [0.25, 0.3) is 10.8 Å². The molecule has 0 aliphatic rings. The monoisotopic (exact) mass is 409 g/mol. The van der Waals surface area contributed by atoms with Crippen molar-refractivity contribution in [2.75, 3.05) is 20.0 Å². The van der Waals surface area contributed by atoms with E-state index in [1.54, 1.807) is 14.2 Å². The molecule has 4 heteroatoms. The van der Waals surface area contributed by atoms with E-state index < -0.39 is 0 Å². The van der Waals surface area contributed by atoms with Gasteiger partial charge in [0.25, 0.3) is 0 Å². The summed E-state index contributed by atoms with van der Waals surface area (Å²) in [6, 6.07) is 14.9. The van der Waals surface area contributed by atoms with Gasteiger partial charge in [-0.3, -0.25) is 4.98 Å². The summed E-state index contributed by atoms with van der Waals surface area (Å²) in [5.74, 6) is 2.73. The largest absolute Gasteiger partial charge is 0.493 e. The van der Waals surface area contributed by atoms with Gasteiger partial charge < -0.3 is 9.47 Å². The highest BCUT2D eigenvalue weighted by Crippen LogP contribution is 2.33. The van der Waals surface area contributed by atoms with Gasteiger partial charge in [-0.2, -0.15) is 0 Å². The van der Waals surface area contributed by atoms with Crippen LogP contribution in [0.2, 0.25) is 0 Å². The molecule has 3 nitrogen and oxygen atoms in total. The summed E-state index contributed by atoms with van der Waals surface area (Å²) in [6.07, 6.45) is 9.19. The van der Waals surface area contributed by atoms with Gasteiger partial charge in [-0.05, 0) is 67.7 Å². The molecule has 154 valence electrons. The van der Waals surface area contributed by atoms with Crippen molar-refractivity contribution in [2.24, 2.45) is 0 Å². The van der Waals surface area contributed by atoms with E-state index in [9.17, 15) is 0 Å². The first-order valence-electron chi connectivity index (χ1n) is 10.4. The fourth-order valence-electron chi connectivity index (χ4n) is 3.51. The topological polar surface area (TPSA) is 31.4 Å². The van der Waals surface area contributed by atoms with Gasteiger partial charge in [0.05, 0.1) is 14.2 Å². The lowest BCUT2D eigenvalue weighted by molar-refractivity contribution is 0.356. The zero-order valence-corrected chi connectivity index (χ0v) is 18.6. The molecule has 29 heavy (non-hydrogen) atoms. The molecule has 0 saturated heterocycles. The van der Waals surface area contributed by atoms with Crippen molar-refractivity contribution in [3.63, 3.8) is 0 Å². The summed E-state index contributed by atoms with van der Waals surface area (Å²) < 4.78 is 10.9. The maximum atomic E-state index is 5.46. The van der Waals surface area contributed by atoms with E-state index in [1.165, 1.54) is 53.7 Å². The molecule has 0 N–H and O–H groups in total. The van der Waals surface area contributed by atoms with Gasteiger partial charge in [-0.25, -0.2) is 0 Å². The normalized spacial score (nSPS) is 11.0. The fraction of sp³-hybridized carbons (Fsp3) is 0.400. The van der Waals surface area contributed by atoms with Crippen LogP contribution in [-0.2, 0) is 6.42 Å². The standard InChI is InChI=1S/C25H31NO2S/c1-19-10-12-21(13-11-19)29-16-8-6-4-5-7-9-23-22-18-25(28-3)24(27-2)17-20(22)14-15-26-23/h10-15,17-18H,4-9,16H2,1-3H3. The van der Waals surface area contributed by atoms with Crippen LogP contribution in [-0.4, -0.2) is 25.0 Å². The van der Waals surface area contributed by atoms with Crippen molar-refractivity contribution >= 4 is 22.5 Å². The Morgan fingerprint density at radius 2 is 1.52 bits per heavy atom. The Balaban J connectivity index is 1.41. The third-order valence-electron chi connectivity index (χ3n) is 5.20. The van der Waals surface area contributed by atoms with Crippen molar-refractivity contribution in [1.29, 1.82) is 0 Å². The Morgan fingerprint density at radius 1 is 0.828 bits per heavy atom. The number of fused-ring (bicyclic) bond motifs is 1. The highest BCUT2D eigenvalue weighted by molar-refractivity contribution is 7.99. The Morgan fingerprint density at radius 3 is 2.28 bits per heavy atom. The summed E-state index contributed by atoms with van der Waals surface area (Å²) in [6.45, 7) is 2.13. The number of pyridine rings is 1. The van der Waals surface area contributed by atoms with Crippen LogP contribution in [0.3, 0.4) is 0 Å². The number of aryl methyl sites for hydroxylation is 2. The van der Waals surface area contributed by atoms with Crippen LogP contribution in [0, 0.1) is 6.92 Å². The van der Waals surface area contributed by atoms with E-state index >= 15 is 0 Å². The first kappa shape index (κ1) is 21.5. The molecular weight excluding hydrogens is 378 g/mol. The minimum Gasteiger partial charge on any atom is -0.493 e. The number of unbranched alkanes of at least 4 members (excludes halogenated alkanes) is 4. The van der Waals surface area contributed by atoms with Crippen LogP contribution in [0.15, 0.2) is 53.6 Å². The Labute approximate surface area is 178 Å². The SMILES string of the molecule is COc1cc2ccnc(CCCCCCCSc3ccc(C)cc3)c2cc1OC. The Hall–Kier alpha value is -2.20. The van der Waals surface area contributed by atoms with Crippen LogP contribution in [0.1, 0.15) is 43.4 Å². The number of aromatic nitrogens is 1. The minimum atomic E-state index is 0.764. The lowest BCUT2D eigenvalue weighted by atomic mass is 10.0. The first-order chi connectivity index (χ1) is 14.2. The summed E-state index contributed by atoms with van der Waals surface area (Å²) >= 11 is 1.97. The van der Waals surface area contributed by atoms with Crippen molar-refractivity contribution in [3.05, 3.63) is 59.9 Å². The second kappa shape index (κ2) is 11.1. The zero-order chi connectivity index (χ0) is 20.5. The van der Waals surface area contributed by atoms with Crippen molar-refractivity contribution < 1.29 is 9.47 Å². The van der Waals surface area contributed by atoms with Gasteiger partial charge in [-0.15, -0.1) is 11.8 Å². The van der Waals surface area contributed by atoms with E-state index in [1.807, 2.05) is 30.1 Å². The Kier molecular flexibility index (Phi) is 8.24. The predicted octanol–water partition coefficient (Wildman–Crippen LogP) is 6.85. The number of rotatable bonds is 11. The van der Waals surface area contributed by atoms with Crippen LogP contribution >= 0.6 is 11.8 Å². The van der Waals surface area contributed by atoms with Gasteiger partial charge in [0.2, 0.25) is 0 Å². The van der Waals surface area contributed by atoms with Crippen LogP contribution in [0.5, 0.6) is 11.5 Å². The third-order valence-corrected chi connectivity index (χ3v) is 6.30. The molecule has 0 radical (unpaired) electrons. The average Bonchev–Trinajstić information content (AvgIpc) is 2.75. The molecule has 0 aliphatic carbocycles. The quantitative estimate of drug-likeness (QED) is 0.256. The predicted molar refractivity (Wildman–Crippen MR) is 124 cm³/mol. The first-order valence-corrected chi connectivity index (χ1v) is 11.4. The summed E-state index contributed by atoms with van der Waals surface area (Å²) in [4.78, 5) is 6.00. The maximum absolute atomic E-state index is 5.46. The third kappa shape index (κ3) is 6.14. The molecule has 0 atom stereocenters. The van der Waals surface area contributed by atoms with Crippen LogP contribution < -0.4 is 9.47 Å². The number of ether oxygens (including phenoxy) is 2. The molecule has 0 bridgehead atoms. The number of methoxy groups -OCH3 is 2. The number of nitrogens with zero attached hydrogens (tertiary/aromatic N) is 1. The summed E-state index contributed by atoms with van der Waals surface area (Å²) in [5.41, 5.74) is 2.48. The number of hydrogen-bond donors (Lipinski definition) is 0. The molecule has 0 aliphatic heterocycles. The Bertz CT molecular complexity index is 909. The van der Waals surface area contributed by atoms with E-state index in [0.717, 1.165) is 29.0 Å². The lowest BCUT2D eigenvalue weighted by Crippen LogP contribution is -1.95. The minimum absolute atomic E-state index is 0.764.